The molecule has 1 aromatic heterocycles. The van der Waals surface area contributed by atoms with Crippen LogP contribution in [0.2, 0.25) is 10.0 Å². The third kappa shape index (κ3) is 3.06. The highest BCUT2D eigenvalue weighted by molar-refractivity contribution is 6.42. The van der Waals surface area contributed by atoms with Crippen LogP contribution in [0.4, 0.5) is 0 Å². The molecular formula is C16H11Cl2N3O2. The summed E-state index contributed by atoms with van der Waals surface area (Å²) in [5.74, 6) is -0.561. The molecule has 0 saturated heterocycles. The zero-order valence-electron chi connectivity index (χ0n) is 11.8. The van der Waals surface area contributed by atoms with Crippen molar-refractivity contribution in [1.82, 2.24) is 9.55 Å². The molecule has 23 heavy (non-hydrogen) atoms. The smallest absolute Gasteiger partial charge is 0.261 e. The summed E-state index contributed by atoms with van der Waals surface area (Å²) >= 11 is 11.9. The quantitative estimate of drug-likeness (QED) is 0.791. The van der Waals surface area contributed by atoms with Crippen molar-refractivity contribution in [3.05, 3.63) is 74.3 Å². The Labute approximate surface area is 141 Å². The maximum Gasteiger partial charge on any atom is 0.261 e. The van der Waals surface area contributed by atoms with E-state index in [-0.39, 0.29) is 5.56 Å². The summed E-state index contributed by atoms with van der Waals surface area (Å²) in [7, 11) is 0. The largest absolute Gasteiger partial charge is 0.366 e. The van der Waals surface area contributed by atoms with Crippen LogP contribution in [-0.4, -0.2) is 15.5 Å². The van der Waals surface area contributed by atoms with Gasteiger partial charge in [0.15, 0.2) is 0 Å². The van der Waals surface area contributed by atoms with Crippen LogP contribution < -0.4 is 11.3 Å². The van der Waals surface area contributed by atoms with E-state index in [1.54, 1.807) is 24.3 Å². The van der Waals surface area contributed by atoms with Gasteiger partial charge >= 0.3 is 0 Å². The molecule has 2 N–H and O–H groups in total. The molecule has 2 aromatic carbocycles. The van der Waals surface area contributed by atoms with E-state index < -0.39 is 5.91 Å². The van der Waals surface area contributed by atoms with Crippen molar-refractivity contribution < 1.29 is 4.79 Å². The Morgan fingerprint density at radius 2 is 1.91 bits per heavy atom. The highest BCUT2D eigenvalue weighted by atomic mass is 35.5. The van der Waals surface area contributed by atoms with Crippen molar-refractivity contribution in [2.75, 3.05) is 0 Å². The Balaban J connectivity index is 2.03. The summed E-state index contributed by atoms with van der Waals surface area (Å²) in [4.78, 5) is 27.9. The van der Waals surface area contributed by atoms with Crippen LogP contribution >= 0.6 is 23.2 Å². The molecule has 0 saturated carbocycles. The molecule has 0 aliphatic heterocycles. The number of hydrogen-bond acceptors (Lipinski definition) is 3. The zero-order chi connectivity index (χ0) is 16.6. The van der Waals surface area contributed by atoms with E-state index in [9.17, 15) is 9.59 Å². The molecule has 1 amide bonds. The lowest BCUT2D eigenvalue weighted by molar-refractivity contribution is 0.100. The van der Waals surface area contributed by atoms with Gasteiger partial charge in [0.2, 0.25) is 5.91 Å². The number of halogens is 2. The van der Waals surface area contributed by atoms with E-state index in [4.69, 9.17) is 28.9 Å². The van der Waals surface area contributed by atoms with Gasteiger partial charge in [0.25, 0.3) is 5.56 Å². The SMILES string of the molecule is NC(=O)c1ccc2c(=O)n(Cc3ccc(Cl)c(Cl)c3)cnc2c1. The molecule has 3 aromatic rings. The number of carbonyl (C=O) groups is 1. The fraction of sp³-hybridized carbons (Fsp3) is 0.0625. The third-order valence-electron chi connectivity index (χ3n) is 3.45. The maximum atomic E-state index is 12.5. The van der Waals surface area contributed by atoms with E-state index in [0.717, 1.165) is 5.56 Å². The van der Waals surface area contributed by atoms with Crippen LogP contribution in [0.25, 0.3) is 10.9 Å². The lowest BCUT2D eigenvalue weighted by Crippen LogP contribution is -2.21. The predicted molar refractivity (Wildman–Crippen MR) is 90.1 cm³/mol. The normalized spacial score (nSPS) is 10.9. The summed E-state index contributed by atoms with van der Waals surface area (Å²) in [6.45, 7) is 0.316. The molecule has 0 aliphatic rings. The number of primary amides is 1. The molecule has 0 bridgehead atoms. The molecule has 1 heterocycles. The van der Waals surface area contributed by atoms with Gasteiger partial charge in [0.1, 0.15) is 0 Å². The Kier molecular flexibility index (Phi) is 4.07. The second kappa shape index (κ2) is 6.02. The van der Waals surface area contributed by atoms with Crippen molar-refractivity contribution >= 4 is 40.0 Å². The zero-order valence-corrected chi connectivity index (χ0v) is 13.3. The first-order chi connectivity index (χ1) is 11.0. The van der Waals surface area contributed by atoms with E-state index >= 15 is 0 Å². The second-order valence-corrected chi connectivity index (χ2v) is 5.84. The summed E-state index contributed by atoms with van der Waals surface area (Å²) in [5.41, 5.74) is 6.59. The Morgan fingerprint density at radius 3 is 2.61 bits per heavy atom. The fourth-order valence-corrected chi connectivity index (χ4v) is 2.58. The first-order valence-corrected chi connectivity index (χ1v) is 7.44. The fourth-order valence-electron chi connectivity index (χ4n) is 2.26. The minimum atomic E-state index is -0.561. The molecule has 3 rings (SSSR count). The van der Waals surface area contributed by atoms with E-state index in [1.165, 1.54) is 23.0 Å². The van der Waals surface area contributed by atoms with Crippen LogP contribution in [0.5, 0.6) is 0 Å². The first-order valence-electron chi connectivity index (χ1n) is 6.68. The number of amides is 1. The van der Waals surface area contributed by atoms with Crippen LogP contribution in [0.3, 0.4) is 0 Å². The van der Waals surface area contributed by atoms with Gasteiger partial charge in [-0.2, -0.15) is 0 Å². The third-order valence-corrected chi connectivity index (χ3v) is 4.19. The van der Waals surface area contributed by atoms with E-state index in [2.05, 4.69) is 4.98 Å². The van der Waals surface area contributed by atoms with Crippen LogP contribution in [0.1, 0.15) is 15.9 Å². The highest BCUT2D eigenvalue weighted by Gasteiger charge is 2.08. The number of aromatic nitrogens is 2. The number of benzene rings is 2. The van der Waals surface area contributed by atoms with Gasteiger partial charge in [0.05, 0.1) is 33.8 Å². The molecule has 0 aliphatic carbocycles. The van der Waals surface area contributed by atoms with Gasteiger partial charge in [-0.25, -0.2) is 4.98 Å². The first kappa shape index (κ1) is 15.5. The number of rotatable bonds is 3. The molecule has 7 heteroatoms. The van der Waals surface area contributed by atoms with Gasteiger partial charge in [0, 0.05) is 5.56 Å². The summed E-state index contributed by atoms with van der Waals surface area (Å²) < 4.78 is 1.46. The van der Waals surface area contributed by atoms with Gasteiger partial charge in [-0.1, -0.05) is 29.3 Å². The minimum absolute atomic E-state index is 0.211. The monoisotopic (exact) mass is 347 g/mol. The topological polar surface area (TPSA) is 78.0 Å². The maximum absolute atomic E-state index is 12.5. The summed E-state index contributed by atoms with van der Waals surface area (Å²) in [5, 5.41) is 1.30. The number of hydrogen-bond donors (Lipinski definition) is 1. The molecule has 0 spiro atoms. The highest BCUT2D eigenvalue weighted by Crippen LogP contribution is 2.22. The van der Waals surface area contributed by atoms with Crippen molar-refractivity contribution in [2.24, 2.45) is 5.73 Å². The lowest BCUT2D eigenvalue weighted by Gasteiger charge is -2.08. The molecule has 5 nitrogen and oxygen atoms in total. The van der Waals surface area contributed by atoms with E-state index in [1.807, 2.05) is 0 Å². The summed E-state index contributed by atoms with van der Waals surface area (Å²) in [6.07, 6.45) is 1.43. The molecular weight excluding hydrogens is 337 g/mol. The van der Waals surface area contributed by atoms with Crippen LogP contribution in [0, 0.1) is 0 Å². The van der Waals surface area contributed by atoms with Gasteiger partial charge < -0.3 is 5.73 Å². The lowest BCUT2D eigenvalue weighted by atomic mass is 10.1. The Hall–Kier alpha value is -2.37. The van der Waals surface area contributed by atoms with Gasteiger partial charge in [-0.3, -0.25) is 14.2 Å². The van der Waals surface area contributed by atoms with Crippen LogP contribution in [-0.2, 0) is 6.54 Å². The number of nitrogens with two attached hydrogens (primary N) is 1. The minimum Gasteiger partial charge on any atom is -0.366 e. The molecule has 0 fully saturated rings. The molecule has 0 radical (unpaired) electrons. The Morgan fingerprint density at radius 1 is 1.13 bits per heavy atom. The predicted octanol–water partition coefficient (Wildman–Crippen LogP) is 2.85. The number of carbonyl (C=O) groups excluding carboxylic acids is 1. The van der Waals surface area contributed by atoms with Crippen molar-refractivity contribution in [3.63, 3.8) is 0 Å². The average molecular weight is 348 g/mol. The van der Waals surface area contributed by atoms with Crippen LogP contribution in [0.15, 0.2) is 47.5 Å². The van der Waals surface area contributed by atoms with E-state index in [0.29, 0.717) is 33.1 Å². The van der Waals surface area contributed by atoms with Gasteiger partial charge in [-0.15, -0.1) is 0 Å². The Bertz CT molecular complexity index is 983. The second-order valence-electron chi connectivity index (χ2n) is 5.02. The van der Waals surface area contributed by atoms with Crippen molar-refractivity contribution in [2.45, 2.75) is 6.54 Å². The van der Waals surface area contributed by atoms with Gasteiger partial charge in [-0.05, 0) is 35.9 Å². The molecule has 116 valence electrons. The molecule has 0 unspecified atom stereocenters. The molecule has 0 atom stereocenters. The standard InChI is InChI=1S/C16H11Cl2N3O2/c17-12-4-1-9(5-13(12)18)7-21-8-20-14-6-10(15(19)22)2-3-11(14)16(21)23/h1-6,8H,7H2,(H2,19,22). The van der Waals surface area contributed by atoms with Crippen molar-refractivity contribution in [1.29, 1.82) is 0 Å². The number of fused-ring (bicyclic) bond motifs is 1. The average Bonchev–Trinajstić information content (AvgIpc) is 2.53. The number of nitrogens with zero attached hydrogens (tertiary/aromatic N) is 2. The summed E-state index contributed by atoms with van der Waals surface area (Å²) in [6, 6.07) is 9.74. The van der Waals surface area contributed by atoms with Crippen molar-refractivity contribution in [3.8, 4) is 0 Å².